The van der Waals surface area contributed by atoms with Gasteiger partial charge in [0, 0.05) is 17.7 Å². The molecule has 0 saturated heterocycles. The zero-order chi connectivity index (χ0) is 18.4. The van der Waals surface area contributed by atoms with Gasteiger partial charge in [0.2, 0.25) is 0 Å². The zero-order valence-corrected chi connectivity index (χ0v) is 14.2. The number of hydrogen-bond donors (Lipinski definition) is 1. The van der Waals surface area contributed by atoms with E-state index in [-0.39, 0.29) is 0 Å². The fourth-order valence-corrected chi connectivity index (χ4v) is 3.43. The highest BCUT2D eigenvalue weighted by molar-refractivity contribution is 5.96. The van der Waals surface area contributed by atoms with Gasteiger partial charge >= 0.3 is 0 Å². The summed E-state index contributed by atoms with van der Waals surface area (Å²) in [6, 6.07) is 24.7. The van der Waals surface area contributed by atoms with Gasteiger partial charge in [-0.3, -0.25) is 0 Å². The number of nitrogens with zero attached hydrogens (tertiary/aromatic N) is 1. The van der Waals surface area contributed by atoms with Crippen LogP contribution >= 0.6 is 0 Å². The summed E-state index contributed by atoms with van der Waals surface area (Å²) in [7, 11) is 0. The van der Waals surface area contributed by atoms with Crippen molar-refractivity contribution in [2.75, 3.05) is 0 Å². The first kappa shape index (κ1) is 15.7. The quantitative estimate of drug-likeness (QED) is 0.393. The molecule has 0 amide bonds. The van der Waals surface area contributed by atoms with Crippen molar-refractivity contribution in [2.24, 2.45) is 0 Å². The van der Waals surface area contributed by atoms with Gasteiger partial charge in [0.25, 0.3) is 0 Å². The largest absolute Gasteiger partial charge is 0.338 e. The Morgan fingerprint density at radius 1 is 0.704 bits per heavy atom. The Labute approximate surface area is 154 Å². The third-order valence-electron chi connectivity index (χ3n) is 4.78. The van der Waals surface area contributed by atoms with Crippen molar-refractivity contribution in [3.8, 4) is 22.5 Å². The molecule has 4 aromatic carbocycles. The molecule has 5 rings (SSSR count). The smallest absolute Gasteiger partial charge is 0.161 e. The molecule has 0 saturated carbocycles. The fourth-order valence-electron chi connectivity index (χ4n) is 3.43. The highest BCUT2D eigenvalue weighted by atomic mass is 19.2. The van der Waals surface area contributed by atoms with Gasteiger partial charge in [-0.05, 0) is 21.9 Å². The Hall–Kier alpha value is -3.53. The van der Waals surface area contributed by atoms with Crippen LogP contribution in [-0.2, 0) is 0 Å². The summed E-state index contributed by atoms with van der Waals surface area (Å²) in [4.78, 5) is 7.43. The molecule has 130 valence electrons. The number of imidazole rings is 1. The standard InChI is InChI=1S/C23H14F2N2/c24-19-12-21-22(13-20(19)25)27-23(26-21)16-10-8-15(9-11-16)18-7-3-5-14-4-1-2-6-17(14)18/h1-13H,(H,26,27). The van der Waals surface area contributed by atoms with Crippen LogP contribution in [0.1, 0.15) is 0 Å². The minimum Gasteiger partial charge on any atom is -0.338 e. The molecule has 0 atom stereocenters. The summed E-state index contributed by atoms with van der Waals surface area (Å²) in [5.74, 6) is -1.20. The number of hydrogen-bond acceptors (Lipinski definition) is 1. The maximum atomic E-state index is 13.4. The van der Waals surface area contributed by atoms with E-state index in [1.54, 1.807) is 0 Å². The second kappa shape index (κ2) is 6.02. The minimum absolute atomic E-state index is 0.405. The molecule has 1 N–H and O–H groups in total. The van der Waals surface area contributed by atoms with Gasteiger partial charge in [-0.15, -0.1) is 0 Å². The van der Waals surface area contributed by atoms with Crippen LogP contribution in [0.4, 0.5) is 8.78 Å². The van der Waals surface area contributed by atoms with Crippen molar-refractivity contribution >= 4 is 21.8 Å². The number of benzene rings is 4. The molecule has 1 aromatic heterocycles. The Bertz CT molecular complexity index is 1240. The summed E-state index contributed by atoms with van der Waals surface area (Å²) in [5, 5.41) is 2.39. The van der Waals surface area contributed by atoms with E-state index >= 15 is 0 Å². The fraction of sp³-hybridized carbons (Fsp3) is 0. The van der Waals surface area contributed by atoms with Gasteiger partial charge < -0.3 is 4.98 Å². The third-order valence-corrected chi connectivity index (χ3v) is 4.78. The Morgan fingerprint density at radius 3 is 2.26 bits per heavy atom. The van der Waals surface area contributed by atoms with Crippen molar-refractivity contribution < 1.29 is 8.78 Å². The molecule has 0 aliphatic rings. The van der Waals surface area contributed by atoms with E-state index in [0.29, 0.717) is 16.9 Å². The number of nitrogens with one attached hydrogen (secondary N) is 1. The van der Waals surface area contributed by atoms with Gasteiger partial charge in [-0.2, -0.15) is 0 Å². The molecule has 0 fully saturated rings. The summed E-state index contributed by atoms with van der Waals surface area (Å²) in [6.07, 6.45) is 0. The van der Waals surface area contributed by atoms with Crippen LogP contribution in [0.2, 0.25) is 0 Å². The number of H-pyrrole nitrogens is 1. The molecule has 0 radical (unpaired) electrons. The first-order chi connectivity index (χ1) is 13.2. The third kappa shape index (κ3) is 2.66. The molecule has 0 spiro atoms. The Kier molecular flexibility index (Phi) is 3.50. The lowest BCUT2D eigenvalue weighted by Crippen LogP contribution is -1.83. The molecule has 27 heavy (non-hydrogen) atoms. The van der Waals surface area contributed by atoms with Gasteiger partial charge in [-0.1, -0.05) is 66.7 Å². The first-order valence-electron chi connectivity index (χ1n) is 8.62. The van der Waals surface area contributed by atoms with Crippen LogP contribution in [0.15, 0.2) is 78.9 Å². The average Bonchev–Trinajstić information content (AvgIpc) is 3.11. The second-order valence-corrected chi connectivity index (χ2v) is 6.47. The molecule has 4 heteroatoms. The van der Waals surface area contributed by atoms with E-state index in [2.05, 4.69) is 34.2 Å². The molecule has 5 aromatic rings. The van der Waals surface area contributed by atoms with Gasteiger partial charge in [0.05, 0.1) is 11.0 Å². The monoisotopic (exact) mass is 356 g/mol. The molecular formula is C23H14F2N2. The van der Waals surface area contributed by atoms with E-state index in [1.165, 1.54) is 10.8 Å². The lowest BCUT2D eigenvalue weighted by Gasteiger charge is -2.07. The predicted octanol–water partition coefficient (Wildman–Crippen LogP) is 6.33. The van der Waals surface area contributed by atoms with Crippen molar-refractivity contribution in [1.29, 1.82) is 0 Å². The molecular weight excluding hydrogens is 342 g/mol. The van der Waals surface area contributed by atoms with E-state index < -0.39 is 11.6 Å². The number of fused-ring (bicyclic) bond motifs is 2. The van der Waals surface area contributed by atoms with Crippen LogP contribution in [0.25, 0.3) is 44.3 Å². The zero-order valence-electron chi connectivity index (χ0n) is 14.2. The number of rotatable bonds is 2. The molecule has 1 heterocycles. The lowest BCUT2D eigenvalue weighted by atomic mass is 9.97. The van der Waals surface area contributed by atoms with Crippen LogP contribution in [0.3, 0.4) is 0 Å². The highest BCUT2D eigenvalue weighted by Gasteiger charge is 2.10. The van der Waals surface area contributed by atoms with Gasteiger partial charge in [-0.25, -0.2) is 13.8 Å². The number of halogens is 2. The predicted molar refractivity (Wildman–Crippen MR) is 104 cm³/mol. The summed E-state index contributed by atoms with van der Waals surface area (Å²) in [6.45, 7) is 0. The van der Waals surface area contributed by atoms with E-state index in [9.17, 15) is 8.78 Å². The maximum absolute atomic E-state index is 13.4. The number of aromatic amines is 1. The molecule has 0 bridgehead atoms. The normalized spacial score (nSPS) is 11.3. The van der Waals surface area contributed by atoms with Gasteiger partial charge in [0.15, 0.2) is 11.6 Å². The molecule has 0 aliphatic carbocycles. The SMILES string of the molecule is Fc1cc2nc(-c3ccc(-c4cccc5ccccc45)cc3)[nH]c2cc1F. The lowest BCUT2D eigenvalue weighted by molar-refractivity contribution is 0.510. The summed E-state index contributed by atoms with van der Waals surface area (Å²) >= 11 is 0. The van der Waals surface area contributed by atoms with Crippen molar-refractivity contribution in [1.82, 2.24) is 9.97 Å². The van der Waals surface area contributed by atoms with Crippen molar-refractivity contribution in [3.05, 3.63) is 90.5 Å². The van der Waals surface area contributed by atoms with E-state index in [4.69, 9.17) is 0 Å². The second-order valence-electron chi connectivity index (χ2n) is 6.47. The van der Waals surface area contributed by atoms with E-state index in [1.807, 2.05) is 42.5 Å². The van der Waals surface area contributed by atoms with Gasteiger partial charge in [0.1, 0.15) is 5.82 Å². The van der Waals surface area contributed by atoms with Crippen LogP contribution in [-0.4, -0.2) is 9.97 Å². The van der Waals surface area contributed by atoms with Crippen LogP contribution in [0, 0.1) is 11.6 Å². The molecule has 2 nitrogen and oxygen atoms in total. The van der Waals surface area contributed by atoms with Crippen molar-refractivity contribution in [2.45, 2.75) is 0 Å². The molecule has 0 aliphatic heterocycles. The minimum atomic E-state index is -0.896. The van der Waals surface area contributed by atoms with E-state index in [0.717, 1.165) is 28.8 Å². The van der Waals surface area contributed by atoms with Crippen molar-refractivity contribution in [3.63, 3.8) is 0 Å². The first-order valence-corrected chi connectivity index (χ1v) is 8.62. The number of aromatic nitrogens is 2. The average molecular weight is 356 g/mol. The maximum Gasteiger partial charge on any atom is 0.161 e. The Balaban J connectivity index is 1.57. The topological polar surface area (TPSA) is 28.7 Å². The highest BCUT2D eigenvalue weighted by Crippen LogP contribution is 2.30. The molecule has 0 unspecified atom stereocenters. The van der Waals surface area contributed by atoms with Crippen LogP contribution in [0.5, 0.6) is 0 Å². The summed E-state index contributed by atoms with van der Waals surface area (Å²) < 4.78 is 26.8. The van der Waals surface area contributed by atoms with Crippen LogP contribution < -0.4 is 0 Å². The Morgan fingerprint density at radius 2 is 1.41 bits per heavy atom. The summed E-state index contributed by atoms with van der Waals surface area (Å²) in [5.41, 5.74) is 4.00.